The fraction of sp³-hybridized carbons (Fsp3) is 0.556. The molecule has 1 aromatic rings. The normalized spacial score (nSPS) is 11.7. The summed E-state index contributed by atoms with van der Waals surface area (Å²) in [6.45, 7) is 0.910. The summed E-state index contributed by atoms with van der Waals surface area (Å²) in [7, 11) is 0. The van der Waals surface area contributed by atoms with Crippen LogP contribution in [0.25, 0.3) is 0 Å². The Hall–Kier alpha value is -1.46. The van der Waals surface area contributed by atoms with Gasteiger partial charge in [0.1, 0.15) is 0 Å². The number of carboxylic acids is 1. The highest BCUT2D eigenvalue weighted by molar-refractivity contribution is 5.69. The van der Waals surface area contributed by atoms with Gasteiger partial charge in [-0.1, -0.05) is 0 Å². The van der Waals surface area contributed by atoms with Crippen LogP contribution in [0, 0.1) is 0 Å². The molecule has 0 unspecified atom stereocenters. The zero-order valence-corrected chi connectivity index (χ0v) is 8.28. The van der Waals surface area contributed by atoms with E-state index in [1.54, 1.807) is 0 Å². The maximum absolute atomic E-state index is 12.6. The average Bonchev–Trinajstić information content (AvgIpc) is 2.46. The summed E-state index contributed by atoms with van der Waals surface area (Å²) in [6, 6.07) is 0. The van der Waals surface area contributed by atoms with Crippen LogP contribution in [-0.4, -0.2) is 26.5 Å². The Morgan fingerprint density at radius 1 is 1.67 bits per heavy atom. The minimum atomic E-state index is -2.75. The third kappa shape index (κ3) is 4.05. The van der Waals surface area contributed by atoms with Gasteiger partial charge in [-0.2, -0.15) is 0 Å². The molecule has 0 aliphatic heterocycles. The molecule has 0 saturated heterocycles. The first-order valence-corrected chi connectivity index (χ1v) is 4.47. The number of halogens is 2. The van der Waals surface area contributed by atoms with Gasteiger partial charge in [0.2, 0.25) is 5.92 Å². The number of alkyl halides is 2. The molecule has 4 nitrogen and oxygen atoms in total. The first-order chi connectivity index (χ1) is 6.88. The number of imidazole rings is 1. The monoisotopic (exact) mass is 218 g/mol. The lowest BCUT2D eigenvalue weighted by Gasteiger charge is -2.11. The molecule has 0 amide bonds. The number of rotatable bonds is 5. The first kappa shape index (κ1) is 11.6. The SMILES string of the molecule is CC(F)(F)CCn1cncc1CC(=O)O. The molecule has 0 spiro atoms. The van der Waals surface area contributed by atoms with Crippen molar-refractivity contribution >= 4 is 5.97 Å². The van der Waals surface area contributed by atoms with Crippen LogP contribution >= 0.6 is 0 Å². The molecule has 15 heavy (non-hydrogen) atoms. The molecule has 1 rings (SSSR count). The van der Waals surface area contributed by atoms with Gasteiger partial charge in [0.25, 0.3) is 0 Å². The molecule has 0 aromatic carbocycles. The highest BCUT2D eigenvalue weighted by Crippen LogP contribution is 2.18. The van der Waals surface area contributed by atoms with Crippen LogP contribution in [0.5, 0.6) is 0 Å². The number of carboxylic acid groups (broad SMARTS) is 1. The van der Waals surface area contributed by atoms with Gasteiger partial charge in [-0.15, -0.1) is 0 Å². The van der Waals surface area contributed by atoms with E-state index in [4.69, 9.17) is 5.11 Å². The quantitative estimate of drug-likeness (QED) is 0.815. The van der Waals surface area contributed by atoms with Crippen LogP contribution < -0.4 is 0 Å². The molecule has 1 N–H and O–H groups in total. The Balaban J connectivity index is 2.61. The van der Waals surface area contributed by atoms with E-state index in [1.165, 1.54) is 17.1 Å². The molecule has 0 radical (unpaired) electrons. The Morgan fingerprint density at radius 3 is 2.87 bits per heavy atom. The van der Waals surface area contributed by atoms with Gasteiger partial charge in [0.05, 0.1) is 12.7 Å². The molecule has 0 aliphatic carbocycles. The highest BCUT2D eigenvalue weighted by Gasteiger charge is 2.21. The number of nitrogens with zero attached hydrogens (tertiary/aromatic N) is 2. The molecule has 1 heterocycles. The largest absolute Gasteiger partial charge is 0.481 e. The van der Waals surface area contributed by atoms with Crippen molar-refractivity contribution in [3.8, 4) is 0 Å². The summed E-state index contributed by atoms with van der Waals surface area (Å²) < 4.78 is 26.6. The third-order valence-corrected chi connectivity index (χ3v) is 1.92. The Kier molecular flexibility index (Phi) is 3.39. The van der Waals surface area contributed by atoms with Crippen molar-refractivity contribution < 1.29 is 18.7 Å². The van der Waals surface area contributed by atoms with Crippen molar-refractivity contribution in [2.75, 3.05) is 0 Å². The number of aromatic nitrogens is 2. The minimum absolute atomic E-state index is 0.0755. The predicted octanol–water partition coefficient (Wildman–Crippen LogP) is 1.56. The first-order valence-electron chi connectivity index (χ1n) is 4.47. The van der Waals surface area contributed by atoms with Crippen LogP contribution in [-0.2, 0) is 17.8 Å². The van der Waals surface area contributed by atoms with E-state index < -0.39 is 11.9 Å². The summed E-state index contributed by atoms with van der Waals surface area (Å²) in [5.74, 6) is -3.75. The van der Waals surface area contributed by atoms with Gasteiger partial charge in [-0.3, -0.25) is 4.79 Å². The van der Waals surface area contributed by atoms with Gasteiger partial charge in [0.15, 0.2) is 0 Å². The van der Waals surface area contributed by atoms with Gasteiger partial charge >= 0.3 is 5.97 Å². The molecule has 84 valence electrons. The van der Waals surface area contributed by atoms with E-state index in [1.807, 2.05) is 0 Å². The molecule has 0 aliphatic rings. The van der Waals surface area contributed by atoms with Crippen molar-refractivity contribution in [1.82, 2.24) is 9.55 Å². The second kappa shape index (κ2) is 4.37. The van der Waals surface area contributed by atoms with Gasteiger partial charge < -0.3 is 9.67 Å². The summed E-state index contributed by atoms with van der Waals surface area (Å²) >= 11 is 0. The number of hydrogen-bond acceptors (Lipinski definition) is 2. The lowest BCUT2D eigenvalue weighted by atomic mass is 10.2. The maximum Gasteiger partial charge on any atom is 0.309 e. The predicted molar refractivity (Wildman–Crippen MR) is 48.8 cm³/mol. The second-order valence-corrected chi connectivity index (χ2v) is 3.47. The second-order valence-electron chi connectivity index (χ2n) is 3.47. The number of hydrogen-bond donors (Lipinski definition) is 1. The van der Waals surface area contributed by atoms with Crippen molar-refractivity contribution in [2.24, 2.45) is 0 Å². The topological polar surface area (TPSA) is 55.1 Å². The zero-order valence-electron chi connectivity index (χ0n) is 8.28. The third-order valence-electron chi connectivity index (χ3n) is 1.92. The maximum atomic E-state index is 12.6. The fourth-order valence-corrected chi connectivity index (χ4v) is 1.17. The van der Waals surface area contributed by atoms with Crippen molar-refractivity contribution in [3.63, 3.8) is 0 Å². The molecular formula is C9H12F2N2O2. The van der Waals surface area contributed by atoms with E-state index >= 15 is 0 Å². The van der Waals surface area contributed by atoms with Crippen molar-refractivity contribution in [3.05, 3.63) is 18.2 Å². The van der Waals surface area contributed by atoms with Crippen LogP contribution in [0.3, 0.4) is 0 Å². The van der Waals surface area contributed by atoms with Crippen LogP contribution in [0.4, 0.5) is 8.78 Å². The Morgan fingerprint density at radius 2 is 2.33 bits per heavy atom. The lowest BCUT2D eigenvalue weighted by Crippen LogP contribution is -2.15. The van der Waals surface area contributed by atoms with E-state index in [9.17, 15) is 13.6 Å². The van der Waals surface area contributed by atoms with E-state index in [2.05, 4.69) is 4.98 Å². The highest BCUT2D eigenvalue weighted by atomic mass is 19.3. The molecule has 0 fully saturated rings. The van der Waals surface area contributed by atoms with Gasteiger partial charge in [-0.25, -0.2) is 13.8 Å². The van der Waals surface area contributed by atoms with E-state index in [0.717, 1.165) is 6.92 Å². The number of aryl methyl sites for hydroxylation is 1. The van der Waals surface area contributed by atoms with Gasteiger partial charge in [-0.05, 0) is 6.92 Å². The molecule has 0 bridgehead atoms. The number of aliphatic carboxylic acids is 1. The van der Waals surface area contributed by atoms with Gasteiger partial charge in [0, 0.05) is 24.9 Å². The van der Waals surface area contributed by atoms with Crippen LogP contribution in [0.15, 0.2) is 12.5 Å². The molecule has 1 aromatic heterocycles. The smallest absolute Gasteiger partial charge is 0.309 e. The summed E-state index contributed by atoms with van der Waals surface area (Å²) in [6.07, 6.45) is 2.22. The van der Waals surface area contributed by atoms with Crippen LogP contribution in [0.2, 0.25) is 0 Å². The minimum Gasteiger partial charge on any atom is -0.481 e. The zero-order chi connectivity index (χ0) is 11.5. The van der Waals surface area contributed by atoms with E-state index in [-0.39, 0.29) is 19.4 Å². The molecular weight excluding hydrogens is 206 g/mol. The standard InChI is InChI=1S/C9H12F2N2O2/c1-9(10,11)2-3-13-6-12-5-7(13)4-8(14)15/h5-6H,2-4H2,1H3,(H,14,15). The molecule has 0 saturated carbocycles. The Bertz CT molecular complexity index is 344. The van der Waals surface area contributed by atoms with Crippen LogP contribution in [0.1, 0.15) is 19.0 Å². The lowest BCUT2D eigenvalue weighted by molar-refractivity contribution is -0.136. The summed E-state index contributed by atoms with van der Waals surface area (Å²) in [4.78, 5) is 14.2. The average molecular weight is 218 g/mol. The fourth-order valence-electron chi connectivity index (χ4n) is 1.17. The summed E-state index contributed by atoms with van der Waals surface area (Å²) in [5.41, 5.74) is 0.437. The van der Waals surface area contributed by atoms with Crippen molar-refractivity contribution in [2.45, 2.75) is 32.2 Å². The number of carbonyl (C=O) groups is 1. The van der Waals surface area contributed by atoms with E-state index in [0.29, 0.717) is 5.69 Å². The van der Waals surface area contributed by atoms with Crippen molar-refractivity contribution in [1.29, 1.82) is 0 Å². The Labute approximate surface area is 85.5 Å². The summed E-state index contributed by atoms with van der Waals surface area (Å²) in [5, 5.41) is 8.55. The molecule has 0 atom stereocenters. The molecule has 6 heteroatoms.